The van der Waals surface area contributed by atoms with E-state index >= 15 is 0 Å². The second-order valence-electron chi connectivity index (χ2n) is 4.55. The van der Waals surface area contributed by atoms with Gasteiger partial charge in [0.05, 0.1) is 24.2 Å². The first kappa shape index (κ1) is 14.3. The molecule has 0 aliphatic carbocycles. The Morgan fingerprint density at radius 1 is 1.41 bits per heavy atom. The van der Waals surface area contributed by atoms with Crippen LogP contribution in [0.25, 0.3) is 0 Å². The van der Waals surface area contributed by atoms with Crippen molar-refractivity contribution < 1.29 is 10.1 Å². The predicted octanol–water partition coefficient (Wildman–Crippen LogP) is 2.78. The molecule has 0 fully saturated rings. The summed E-state index contributed by atoms with van der Waals surface area (Å²) in [6, 6.07) is 6.60. The molecule has 1 aromatic carbocycles. The average molecular weight is 257 g/mol. The van der Waals surface area contributed by atoms with Crippen LogP contribution in [0.1, 0.15) is 32.3 Å². The summed E-state index contributed by atoms with van der Waals surface area (Å²) in [6.45, 7) is 8.33. The molecule has 0 saturated heterocycles. The third-order valence-electron chi connectivity index (χ3n) is 2.91. The van der Waals surface area contributed by atoms with E-state index in [9.17, 15) is 0 Å². The molecule has 2 nitrogen and oxygen atoms in total. The first-order valence-electron chi connectivity index (χ1n) is 6.35. The fourth-order valence-corrected chi connectivity index (χ4v) is 1.85. The molecule has 0 aromatic heterocycles. The second kappa shape index (κ2) is 7.57. The van der Waals surface area contributed by atoms with Gasteiger partial charge in [-0.2, -0.15) is 0 Å². The van der Waals surface area contributed by atoms with Crippen LogP contribution in [0.5, 0.6) is 5.75 Å². The summed E-state index contributed by atoms with van der Waals surface area (Å²) in [7, 11) is 0. The number of halogens is 1. The third kappa shape index (κ3) is 5.42. The first-order valence-corrected chi connectivity index (χ1v) is 6.73. The van der Waals surface area contributed by atoms with Gasteiger partial charge in [-0.3, -0.25) is 0 Å². The van der Waals surface area contributed by atoms with Crippen LogP contribution in [0.3, 0.4) is 0 Å². The van der Waals surface area contributed by atoms with Crippen LogP contribution < -0.4 is 10.1 Å². The maximum Gasteiger partial charge on any atom is 0.137 e. The van der Waals surface area contributed by atoms with Crippen molar-refractivity contribution in [2.24, 2.45) is 0 Å². The lowest BCUT2D eigenvalue weighted by Gasteiger charge is -2.10. The number of nitrogens with two attached hydrogens (primary N) is 1. The minimum atomic E-state index is 0.705. The lowest BCUT2D eigenvalue weighted by Crippen LogP contribution is -2.89. The van der Waals surface area contributed by atoms with Gasteiger partial charge in [-0.1, -0.05) is 24.6 Å². The molecule has 0 spiro atoms. The van der Waals surface area contributed by atoms with Crippen LogP contribution in [0.2, 0.25) is 5.02 Å². The molecule has 2 N–H and O–H groups in total. The Labute approximate surface area is 109 Å². The van der Waals surface area contributed by atoms with Crippen molar-refractivity contribution in [3.05, 3.63) is 28.8 Å². The number of rotatable bonds is 7. The molecule has 0 unspecified atom stereocenters. The molecule has 1 rings (SSSR count). The van der Waals surface area contributed by atoms with Gasteiger partial charge in [0, 0.05) is 6.42 Å². The molecular formula is C14H23ClNO+. The van der Waals surface area contributed by atoms with Gasteiger partial charge in [0.1, 0.15) is 5.75 Å². The zero-order chi connectivity index (χ0) is 12.7. The van der Waals surface area contributed by atoms with Gasteiger partial charge in [-0.05, 0) is 38.0 Å². The number of quaternary nitrogens is 1. The van der Waals surface area contributed by atoms with E-state index in [-0.39, 0.29) is 0 Å². The lowest BCUT2D eigenvalue weighted by atomic mass is 10.2. The SMILES string of the molecule is CC[C@H](C)[NH2+]CCCOc1ccc(C)cc1Cl. The van der Waals surface area contributed by atoms with E-state index in [0.717, 1.165) is 30.9 Å². The topological polar surface area (TPSA) is 25.8 Å². The Balaban J connectivity index is 2.22. The molecule has 1 aromatic rings. The summed E-state index contributed by atoms with van der Waals surface area (Å²) in [5, 5.41) is 3.07. The number of ether oxygens (including phenoxy) is 1. The van der Waals surface area contributed by atoms with Gasteiger partial charge in [-0.15, -0.1) is 0 Å². The van der Waals surface area contributed by atoms with Gasteiger partial charge in [0.15, 0.2) is 0 Å². The van der Waals surface area contributed by atoms with Crippen LogP contribution in [0.15, 0.2) is 18.2 Å². The zero-order valence-corrected chi connectivity index (χ0v) is 11.8. The molecule has 3 heteroatoms. The Kier molecular flexibility index (Phi) is 6.38. The molecule has 0 saturated carbocycles. The highest BCUT2D eigenvalue weighted by Crippen LogP contribution is 2.24. The Morgan fingerprint density at radius 3 is 2.82 bits per heavy atom. The molecule has 0 radical (unpaired) electrons. The average Bonchev–Trinajstić information content (AvgIpc) is 2.30. The molecule has 17 heavy (non-hydrogen) atoms. The molecule has 0 bridgehead atoms. The number of hydrogen-bond acceptors (Lipinski definition) is 1. The molecule has 0 heterocycles. The maximum absolute atomic E-state index is 6.08. The minimum absolute atomic E-state index is 0.705. The van der Waals surface area contributed by atoms with Crippen molar-refractivity contribution in [3.63, 3.8) is 0 Å². The lowest BCUT2D eigenvalue weighted by molar-refractivity contribution is -0.686. The number of aryl methyl sites for hydroxylation is 1. The van der Waals surface area contributed by atoms with E-state index < -0.39 is 0 Å². The largest absolute Gasteiger partial charge is 0.492 e. The number of benzene rings is 1. The van der Waals surface area contributed by atoms with Crippen molar-refractivity contribution in [2.45, 2.75) is 39.7 Å². The molecule has 0 aliphatic rings. The number of hydrogen-bond donors (Lipinski definition) is 1. The maximum atomic E-state index is 6.08. The molecule has 1 atom stereocenters. The summed E-state index contributed by atoms with van der Waals surface area (Å²) in [4.78, 5) is 0. The van der Waals surface area contributed by atoms with Crippen molar-refractivity contribution >= 4 is 11.6 Å². The van der Waals surface area contributed by atoms with Crippen molar-refractivity contribution in [1.82, 2.24) is 0 Å². The van der Waals surface area contributed by atoms with Crippen molar-refractivity contribution in [2.75, 3.05) is 13.2 Å². The highest BCUT2D eigenvalue weighted by Gasteiger charge is 2.03. The van der Waals surface area contributed by atoms with E-state index in [4.69, 9.17) is 16.3 Å². The van der Waals surface area contributed by atoms with Crippen molar-refractivity contribution in [3.8, 4) is 5.75 Å². The monoisotopic (exact) mass is 256 g/mol. The fourth-order valence-electron chi connectivity index (χ4n) is 1.56. The highest BCUT2D eigenvalue weighted by atomic mass is 35.5. The Bertz CT molecular complexity index is 341. The second-order valence-corrected chi connectivity index (χ2v) is 4.95. The zero-order valence-electron chi connectivity index (χ0n) is 11.0. The van der Waals surface area contributed by atoms with Gasteiger partial charge < -0.3 is 10.1 Å². The molecule has 0 amide bonds. The Hall–Kier alpha value is -0.730. The summed E-state index contributed by atoms with van der Waals surface area (Å²) in [5.41, 5.74) is 1.16. The summed E-state index contributed by atoms with van der Waals surface area (Å²) >= 11 is 6.08. The minimum Gasteiger partial charge on any atom is -0.492 e. The van der Waals surface area contributed by atoms with E-state index in [2.05, 4.69) is 19.2 Å². The van der Waals surface area contributed by atoms with E-state index in [0.29, 0.717) is 11.1 Å². The standard InChI is InChI=1S/C14H22ClNO/c1-4-12(3)16-8-5-9-17-14-7-6-11(2)10-13(14)15/h6-7,10,12,16H,4-5,8-9H2,1-3H3/p+1/t12-/m0/s1. The summed E-state index contributed by atoms with van der Waals surface area (Å²) < 4.78 is 5.66. The van der Waals surface area contributed by atoms with Gasteiger partial charge in [0.25, 0.3) is 0 Å². The van der Waals surface area contributed by atoms with E-state index in [1.54, 1.807) is 0 Å². The van der Waals surface area contributed by atoms with Crippen molar-refractivity contribution in [1.29, 1.82) is 0 Å². The highest BCUT2D eigenvalue weighted by molar-refractivity contribution is 6.32. The molecular weight excluding hydrogens is 234 g/mol. The van der Waals surface area contributed by atoms with Gasteiger partial charge in [0.2, 0.25) is 0 Å². The predicted molar refractivity (Wildman–Crippen MR) is 72.8 cm³/mol. The van der Waals surface area contributed by atoms with E-state index in [1.165, 1.54) is 6.42 Å². The van der Waals surface area contributed by atoms with Crippen LogP contribution >= 0.6 is 11.6 Å². The van der Waals surface area contributed by atoms with Crippen LogP contribution in [0, 0.1) is 6.92 Å². The quantitative estimate of drug-likeness (QED) is 0.746. The smallest absolute Gasteiger partial charge is 0.137 e. The van der Waals surface area contributed by atoms with Gasteiger partial charge >= 0.3 is 0 Å². The third-order valence-corrected chi connectivity index (χ3v) is 3.20. The molecule has 0 aliphatic heterocycles. The van der Waals surface area contributed by atoms with Crippen LogP contribution in [-0.2, 0) is 0 Å². The first-order chi connectivity index (χ1) is 8.13. The normalized spacial score (nSPS) is 12.5. The van der Waals surface area contributed by atoms with E-state index in [1.807, 2.05) is 25.1 Å². The van der Waals surface area contributed by atoms with Crippen LogP contribution in [-0.4, -0.2) is 19.2 Å². The summed E-state index contributed by atoms with van der Waals surface area (Å²) in [6.07, 6.45) is 2.26. The Morgan fingerprint density at radius 2 is 2.18 bits per heavy atom. The summed E-state index contributed by atoms with van der Waals surface area (Å²) in [5.74, 6) is 0.792. The fraction of sp³-hybridized carbons (Fsp3) is 0.571. The van der Waals surface area contributed by atoms with Crippen LogP contribution in [0.4, 0.5) is 0 Å². The molecule has 96 valence electrons. The van der Waals surface area contributed by atoms with Gasteiger partial charge in [-0.25, -0.2) is 0 Å².